The monoisotopic (exact) mass is 352 g/mol. The first kappa shape index (κ1) is 15.8. The number of Topliss-reactive ketones (excluding diaryl/α,β-unsaturated/α-hetero) is 1. The van der Waals surface area contributed by atoms with Crippen LogP contribution in [0.4, 0.5) is 0 Å². The maximum absolute atomic E-state index is 12.6. The molecule has 0 spiro atoms. The number of hydrogen-bond acceptors (Lipinski definition) is 4. The predicted molar refractivity (Wildman–Crippen MR) is 82.9 cm³/mol. The van der Waals surface area contributed by atoms with Crippen molar-refractivity contribution in [1.82, 2.24) is 0 Å². The molecule has 0 aromatic heterocycles. The van der Waals surface area contributed by atoms with E-state index >= 15 is 0 Å². The van der Waals surface area contributed by atoms with Crippen LogP contribution in [0.1, 0.15) is 34.6 Å². The lowest BCUT2D eigenvalue weighted by molar-refractivity contribution is -0.137. The number of carbonyl (C=O) groups is 2. The van der Waals surface area contributed by atoms with Crippen LogP contribution in [0.5, 0.6) is 5.75 Å². The Bertz CT molecular complexity index is 606. The Labute approximate surface area is 132 Å². The van der Waals surface area contributed by atoms with Crippen LogP contribution < -0.4 is 4.74 Å². The van der Waals surface area contributed by atoms with E-state index in [1.165, 1.54) is 6.08 Å². The number of ether oxygens (including phenoxy) is 2. The number of benzene rings is 1. The minimum atomic E-state index is -0.487. The molecule has 1 aliphatic rings. The zero-order chi connectivity index (χ0) is 15.6. The summed E-state index contributed by atoms with van der Waals surface area (Å²) < 4.78 is 10.2. The van der Waals surface area contributed by atoms with Gasteiger partial charge in [0.15, 0.2) is 5.78 Å². The maximum atomic E-state index is 12.6. The highest BCUT2D eigenvalue weighted by Gasteiger charge is 2.36. The Balaban J connectivity index is 2.51. The van der Waals surface area contributed by atoms with E-state index in [1.54, 1.807) is 26.2 Å². The Morgan fingerprint density at radius 2 is 2.14 bits per heavy atom. The second kappa shape index (κ2) is 6.43. The van der Waals surface area contributed by atoms with Gasteiger partial charge in [-0.3, -0.25) is 4.79 Å². The van der Waals surface area contributed by atoms with Crippen molar-refractivity contribution in [3.05, 3.63) is 41.0 Å². The van der Waals surface area contributed by atoms with Gasteiger partial charge in [0.05, 0.1) is 18.5 Å². The summed E-state index contributed by atoms with van der Waals surface area (Å²) in [5.41, 5.74) is 1.85. The number of rotatable bonds is 3. The lowest BCUT2D eigenvalue weighted by Gasteiger charge is -2.29. The molecule has 0 unspecified atom stereocenters. The van der Waals surface area contributed by atoms with Gasteiger partial charge in [-0.15, -0.1) is 0 Å². The van der Waals surface area contributed by atoms with Gasteiger partial charge in [-0.2, -0.15) is 0 Å². The summed E-state index contributed by atoms with van der Waals surface area (Å²) in [4.78, 5) is 24.2. The first-order valence-corrected chi connectivity index (χ1v) is 7.66. The Kier molecular flexibility index (Phi) is 4.83. The first-order chi connectivity index (χ1) is 10.0. The number of fused-ring (bicyclic) bond motifs is 1. The zero-order valence-corrected chi connectivity index (χ0v) is 13.8. The summed E-state index contributed by atoms with van der Waals surface area (Å²) in [5.74, 6) is -0.116. The van der Waals surface area contributed by atoms with Crippen molar-refractivity contribution in [3.8, 4) is 5.75 Å². The molecule has 0 heterocycles. The third-order valence-corrected chi connectivity index (χ3v) is 4.81. The quantitative estimate of drug-likeness (QED) is 0.475. The number of esters is 1. The van der Waals surface area contributed by atoms with Gasteiger partial charge in [-0.25, -0.2) is 4.79 Å². The molecule has 21 heavy (non-hydrogen) atoms. The minimum absolute atomic E-state index is 0.0953. The van der Waals surface area contributed by atoms with Crippen molar-refractivity contribution in [2.45, 2.75) is 18.7 Å². The Morgan fingerprint density at radius 1 is 1.43 bits per heavy atom. The highest BCUT2D eigenvalue weighted by atomic mass is 79.9. The Hall–Kier alpha value is -1.62. The number of methoxy groups -OCH3 is 1. The zero-order valence-electron chi connectivity index (χ0n) is 12.2. The molecule has 5 heteroatoms. The molecule has 0 aliphatic heterocycles. The molecule has 1 aromatic rings. The molecule has 0 fully saturated rings. The summed E-state index contributed by atoms with van der Waals surface area (Å²) >= 11 is 3.62. The van der Waals surface area contributed by atoms with E-state index in [1.807, 2.05) is 13.0 Å². The molecule has 4 nitrogen and oxygen atoms in total. The highest BCUT2D eigenvalue weighted by Crippen LogP contribution is 2.46. The van der Waals surface area contributed by atoms with Crippen LogP contribution in [0.2, 0.25) is 0 Å². The van der Waals surface area contributed by atoms with Crippen molar-refractivity contribution < 1.29 is 19.1 Å². The van der Waals surface area contributed by atoms with Crippen LogP contribution in [-0.2, 0) is 9.53 Å². The topological polar surface area (TPSA) is 52.6 Å². The van der Waals surface area contributed by atoms with Crippen molar-refractivity contribution >= 4 is 27.7 Å². The van der Waals surface area contributed by atoms with Crippen molar-refractivity contribution in [1.29, 1.82) is 0 Å². The van der Waals surface area contributed by atoms with Crippen LogP contribution in [0.25, 0.3) is 0 Å². The summed E-state index contributed by atoms with van der Waals surface area (Å²) in [5, 5.41) is 0. The van der Waals surface area contributed by atoms with Crippen molar-refractivity contribution in [2.75, 3.05) is 13.7 Å². The molecule has 0 N–H and O–H groups in total. The van der Waals surface area contributed by atoms with E-state index in [0.717, 1.165) is 5.56 Å². The standard InChI is InChI=1S/C16H17BrO4/c1-4-21-13(18)8-11-9(2)15(17)14-10(16(11)19)6-5-7-12(14)20-3/h5-9,15H,4H2,1-3H3/b11-8+/t9-,15-/m1/s1. The molecule has 0 bridgehead atoms. The van der Waals surface area contributed by atoms with E-state index in [0.29, 0.717) is 16.9 Å². The number of hydrogen-bond donors (Lipinski definition) is 0. The molecule has 0 saturated carbocycles. The largest absolute Gasteiger partial charge is 0.496 e. The molecule has 2 rings (SSSR count). The van der Waals surface area contributed by atoms with Gasteiger partial charge in [0.2, 0.25) is 0 Å². The minimum Gasteiger partial charge on any atom is -0.496 e. The van der Waals surface area contributed by atoms with Crippen molar-refractivity contribution in [3.63, 3.8) is 0 Å². The smallest absolute Gasteiger partial charge is 0.331 e. The van der Waals surface area contributed by atoms with Gasteiger partial charge in [-0.05, 0) is 13.0 Å². The van der Waals surface area contributed by atoms with Gasteiger partial charge in [-0.1, -0.05) is 35.0 Å². The third kappa shape index (κ3) is 2.88. The van der Waals surface area contributed by atoms with E-state index in [2.05, 4.69) is 15.9 Å². The molecule has 0 radical (unpaired) electrons. The number of halogens is 1. The number of ketones is 1. The number of carbonyl (C=O) groups excluding carboxylic acids is 2. The second-order valence-electron chi connectivity index (χ2n) is 4.79. The van der Waals surface area contributed by atoms with E-state index in [9.17, 15) is 9.59 Å². The van der Waals surface area contributed by atoms with Gasteiger partial charge in [0.25, 0.3) is 0 Å². The van der Waals surface area contributed by atoms with E-state index < -0.39 is 5.97 Å². The number of alkyl halides is 1. The van der Waals surface area contributed by atoms with Gasteiger partial charge >= 0.3 is 5.97 Å². The summed E-state index contributed by atoms with van der Waals surface area (Å²) in [6.07, 6.45) is 1.30. The Morgan fingerprint density at radius 3 is 2.76 bits per heavy atom. The molecular weight excluding hydrogens is 336 g/mol. The molecule has 0 amide bonds. The molecule has 0 saturated heterocycles. The highest BCUT2D eigenvalue weighted by molar-refractivity contribution is 9.09. The fraction of sp³-hybridized carbons (Fsp3) is 0.375. The molecule has 112 valence electrons. The van der Waals surface area contributed by atoms with Gasteiger partial charge in [0, 0.05) is 28.7 Å². The van der Waals surface area contributed by atoms with Crippen LogP contribution in [0.15, 0.2) is 29.8 Å². The molecule has 1 aliphatic carbocycles. The third-order valence-electron chi connectivity index (χ3n) is 3.56. The fourth-order valence-electron chi connectivity index (χ4n) is 2.48. The lowest BCUT2D eigenvalue weighted by atomic mass is 9.79. The van der Waals surface area contributed by atoms with Gasteiger partial charge < -0.3 is 9.47 Å². The van der Waals surface area contributed by atoms with Crippen LogP contribution in [0.3, 0.4) is 0 Å². The summed E-state index contributed by atoms with van der Waals surface area (Å²) in [6.45, 7) is 3.92. The normalized spacial score (nSPS) is 22.9. The average Bonchev–Trinajstić information content (AvgIpc) is 2.48. The SMILES string of the molecule is CCOC(=O)/C=C1/C(=O)c2cccc(OC)c2[C@H](Br)[C@@H]1C. The number of allylic oxidation sites excluding steroid dienone is 1. The van der Waals surface area contributed by atoms with Crippen LogP contribution in [-0.4, -0.2) is 25.5 Å². The van der Waals surface area contributed by atoms with Crippen molar-refractivity contribution in [2.24, 2.45) is 5.92 Å². The molecule has 1 aromatic carbocycles. The fourth-order valence-corrected chi connectivity index (χ4v) is 3.24. The van der Waals surface area contributed by atoms with Gasteiger partial charge in [0.1, 0.15) is 5.75 Å². The summed E-state index contributed by atoms with van der Waals surface area (Å²) in [6, 6.07) is 5.35. The lowest BCUT2D eigenvalue weighted by Crippen LogP contribution is -2.25. The second-order valence-corrected chi connectivity index (χ2v) is 5.78. The first-order valence-electron chi connectivity index (χ1n) is 6.75. The van der Waals surface area contributed by atoms with E-state index in [-0.39, 0.29) is 23.1 Å². The summed E-state index contributed by atoms with van der Waals surface area (Å²) in [7, 11) is 1.58. The average molecular weight is 353 g/mol. The van der Waals surface area contributed by atoms with Crippen LogP contribution in [0, 0.1) is 5.92 Å². The van der Waals surface area contributed by atoms with Crippen LogP contribution >= 0.6 is 15.9 Å². The molecular formula is C16H17BrO4. The maximum Gasteiger partial charge on any atom is 0.331 e. The predicted octanol–water partition coefficient (Wildman–Crippen LogP) is 3.45. The molecule has 2 atom stereocenters. The van der Waals surface area contributed by atoms with E-state index in [4.69, 9.17) is 9.47 Å².